The number of anilines is 1. The summed E-state index contributed by atoms with van der Waals surface area (Å²) in [4.78, 5) is 4.78. The molecule has 3 heteroatoms. The Morgan fingerprint density at radius 2 is 1.50 bits per heavy atom. The molecule has 0 aliphatic carbocycles. The van der Waals surface area contributed by atoms with Crippen molar-refractivity contribution in [3.63, 3.8) is 0 Å². The fraction of sp³-hybridized carbons (Fsp3) is 0. The average molecular weight is 314 g/mol. The number of hydrogen-bond donors (Lipinski definition) is 1. The first-order chi connectivity index (χ1) is 11.7. The van der Waals surface area contributed by atoms with E-state index in [-0.39, 0.29) is 5.82 Å². The van der Waals surface area contributed by atoms with Gasteiger partial charge in [-0.3, -0.25) is 0 Å². The molecule has 4 rings (SSSR count). The molecule has 24 heavy (non-hydrogen) atoms. The second-order valence-electron chi connectivity index (χ2n) is 5.68. The number of fused-ring (bicyclic) bond motifs is 1. The lowest BCUT2D eigenvalue weighted by molar-refractivity contribution is 0.631. The molecule has 1 aromatic heterocycles. The molecule has 1 heterocycles. The van der Waals surface area contributed by atoms with Gasteiger partial charge in [0.15, 0.2) is 0 Å². The number of rotatable bonds is 2. The zero-order chi connectivity index (χ0) is 16.5. The lowest BCUT2D eigenvalue weighted by Gasteiger charge is -2.12. The van der Waals surface area contributed by atoms with Crippen molar-refractivity contribution in [3.8, 4) is 22.4 Å². The SMILES string of the molecule is Nc1ccc2nc(-c3ccccc3)c(-c3ccccc3F)cc2c1. The number of hydrogen-bond acceptors (Lipinski definition) is 2. The minimum absolute atomic E-state index is 0.264. The summed E-state index contributed by atoms with van der Waals surface area (Å²) < 4.78 is 14.4. The van der Waals surface area contributed by atoms with Gasteiger partial charge >= 0.3 is 0 Å². The van der Waals surface area contributed by atoms with E-state index in [9.17, 15) is 4.39 Å². The Hall–Kier alpha value is -3.20. The summed E-state index contributed by atoms with van der Waals surface area (Å²) in [5.74, 6) is -0.264. The second kappa shape index (κ2) is 5.78. The van der Waals surface area contributed by atoms with E-state index in [2.05, 4.69) is 0 Å². The van der Waals surface area contributed by atoms with Crippen molar-refractivity contribution in [1.82, 2.24) is 4.98 Å². The van der Waals surface area contributed by atoms with Crippen molar-refractivity contribution in [3.05, 3.63) is 84.7 Å². The van der Waals surface area contributed by atoms with Crippen molar-refractivity contribution < 1.29 is 4.39 Å². The number of nitrogen functional groups attached to an aromatic ring is 1. The van der Waals surface area contributed by atoms with Crippen LogP contribution in [-0.4, -0.2) is 4.98 Å². The van der Waals surface area contributed by atoms with Crippen molar-refractivity contribution in [2.24, 2.45) is 0 Å². The third-order valence-corrected chi connectivity index (χ3v) is 4.05. The molecule has 0 bridgehead atoms. The summed E-state index contributed by atoms with van der Waals surface area (Å²) in [7, 11) is 0. The molecule has 0 radical (unpaired) electrons. The van der Waals surface area contributed by atoms with Gasteiger partial charge in [-0.1, -0.05) is 48.5 Å². The van der Waals surface area contributed by atoms with Gasteiger partial charge in [-0.15, -0.1) is 0 Å². The Morgan fingerprint density at radius 1 is 0.750 bits per heavy atom. The standard InChI is InChI=1S/C21H15FN2/c22-19-9-5-4-8-17(19)18-13-15-12-16(23)10-11-20(15)24-21(18)14-6-2-1-3-7-14/h1-13H,23H2. The molecule has 0 saturated heterocycles. The summed E-state index contributed by atoms with van der Waals surface area (Å²) in [5.41, 5.74) is 10.4. The molecule has 3 aromatic carbocycles. The number of nitrogens with two attached hydrogens (primary N) is 1. The van der Waals surface area contributed by atoms with E-state index in [1.54, 1.807) is 12.1 Å². The highest BCUT2D eigenvalue weighted by molar-refractivity contribution is 5.92. The first-order valence-corrected chi connectivity index (χ1v) is 7.73. The zero-order valence-corrected chi connectivity index (χ0v) is 12.9. The summed E-state index contributed by atoms with van der Waals surface area (Å²) in [5, 5.41) is 0.896. The summed E-state index contributed by atoms with van der Waals surface area (Å²) in [6, 6.07) is 24.1. The molecular formula is C21H15FN2. The van der Waals surface area contributed by atoms with Gasteiger partial charge in [0.1, 0.15) is 5.82 Å². The van der Waals surface area contributed by atoms with E-state index < -0.39 is 0 Å². The number of nitrogens with zero attached hydrogens (tertiary/aromatic N) is 1. The maximum absolute atomic E-state index is 14.4. The Bertz CT molecular complexity index is 1030. The maximum Gasteiger partial charge on any atom is 0.131 e. The normalized spacial score (nSPS) is 10.9. The molecule has 0 saturated carbocycles. The van der Waals surface area contributed by atoms with Crippen LogP contribution in [0.15, 0.2) is 78.9 Å². The highest BCUT2D eigenvalue weighted by Crippen LogP contribution is 2.35. The first kappa shape index (κ1) is 14.4. The van der Waals surface area contributed by atoms with Gasteiger partial charge < -0.3 is 5.73 Å². The first-order valence-electron chi connectivity index (χ1n) is 7.73. The number of benzene rings is 3. The quantitative estimate of drug-likeness (QED) is 0.511. The molecule has 0 aliphatic rings. The van der Waals surface area contributed by atoms with E-state index in [0.29, 0.717) is 11.3 Å². The average Bonchev–Trinajstić information content (AvgIpc) is 2.62. The Morgan fingerprint density at radius 3 is 2.29 bits per heavy atom. The molecule has 0 amide bonds. The lowest BCUT2D eigenvalue weighted by Crippen LogP contribution is -1.94. The molecule has 2 nitrogen and oxygen atoms in total. The van der Waals surface area contributed by atoms with E-state index in [1.807, 2.05) is 60.7 Å². The Balaban J connectivity index is 2.07. The molecule has 4 aromatic rings. The van der Waals surface area contributed by atoms with Crippen LogP contribution < -0.4 is 5.73 Å². The molecular weight excluding hydrogens is 299 g/mol. The molecule has 0 unspecified atom stereocenters. The molecule has 116 valence electrons. The van der Waals surface area contributed by atoms with E-state index in [1.165, 1.54) is 6.07 Å². The second-order valence-corrected chi connectivity index (χ2v) is 5.68. The summed E-state index contributed by atoms with van der Waals surface area (Å²) in [6.45, 7) is 0. The predicted octanol–water partition coefficient (Wildman–Crippen LogP) is 5.29. The van der Waals surface area contributed by atoms with Crippen molar-refractivity contribution in [1.29, 1.82) is 0 Å². The minimum Gasteiger partial charge on any atom is -0.399 e. The lowest BCUT2D eigenvalue weighted by atomic mass is 9.97. The van der Waals surface area contributed by atoms with Crippen LogP contribution >= 0.6 is 0 Å². The van der Waals surface area contributed by atoms with Crippen molar-refractivity contribution in [2.45, 2.75) is 0 Å². The van der Waals surface area contributed by atoms with Crippen LogP contribution in [0.3, 0.4) is 0 Å². The van der Waals surface area contributed by atoms with Gasteiger partial charge in [0.25, 0.3) is 0 Å². The molecule has 0 fully saturated rings. The van der Waals surface area contributed by atoms with Gasteiger partial charge in [0, 0.05) is 27.8 Å². The van der Waals surface area contributed by atoms with Crippen LogP contribution in [0, 0.1) is 5.82 Å². The third-order valence-electron chi connectivity index (χ3n) is 4.05. The van der Waals surface area contributed by atoms with E-state index in [4.69, 9.17) is 10.7 Å². The fourth-order valence-electron chi connectivity index (χ4n) is 2.90. The summed E-state index contributed by atoms with van der Waals surface area (Å²) in [6.07, 6.45) is 0. The topological polar surface area (TPSA) is 38.9 Å². The highest BCUT2D eigenvalue weighted by Gasteiger charge is 2.14. The van der Waals surface area contributed by atoms with E-state index in [0.717, 1.165) is 27.7 Å². The number of aromatic nitrogens is 1. The van der Waals surface area contributed by atoms with Gasteiger partial charge in [-0.25, -0.2) is 9.37 Å². The van der Waals surface area contributed by atoms with Gasteiger partial charge in [0.2, 0.25) is 0 Å². The molecule has 2 N–H and O–H groups in total. The van der Waals surface area contributed by atoms with Crippen LogP contribution in [-0.2, 0) is 0 Å². The molecule has 0 spiro atoms. The van der Waals surface area contributed by atoms with Gasteiger partial charge in [-0.05, 0) is 30.3 Å². The van der Waals surface area contributed by atoms with Gasteiger partial charge in [0.05, 0.1) is 11.2 Å². The maximum atomic E-state index is 14.4. The highest BCUT2D eigenvalue weighted by atomic mass is 19.1. The number of pyridine rings is 1. The Labute approximate surface area is 139 Å². The van der Waals surface area contributed by atoms with Crippen molar-refractivity contribution >= 4 is 16.6 Å². The minimum atomic E-state index is -0.264. The largest absolute Gasteiger partial charge is 0.399 e. The molecule has 0 aliphatic heterocycles. The Kier molecular flexibility index (Phi) is 3.47. The fourth-order valence-corrected chi connectivity index (χ4v) is 2.90. The number of halogens is 1. The van der Waals surface area contributed by atoms with E-state index >= 15 is 0 Å². The monoisotopic (exact) mass is 314 g/mol. The van der Waals surface area contributed by atoms with Crippen LogP contribution in [0.5, 0.6) is 0 Å². The smallest absolute Gasteiger partial charge is 0.131 e. The van der Waals surface area contributed by atoms with Crippen molar-refractivity contribution in [2.75, 3.05) is 5.73 Å². The van der Waals surface area contributed by atoms with Gasteiger partial charge in [-0.2, -0.15) is 0 Å². The third kappa shape index (κ3) is 2.50. The molecule has 0 atom stereocenters. The van der Waals surface area contributed by atoms with Crippen LogP contribution in [0.1, 0.15) is 0 Å². The van der Waals surface area contributed by atoms with Crippen LogP contribution in [0.25, 0.3) is 33.3 Å². The zero-order valence-electron chi connectivity index (χ0n) is 12.9. The summed E-state index contributed by atoms with van der Waals surface area (Å²) >= 11 is 0. The van der Waals surface area contributed by atoms with Crippen LogP contribution in [0.2, 0.25) is 0 Å². The van der Waals surface area contributed by atoms with Crippen LogP contribution in [0.4, 0.5) is 10.1 Å². The predicted molar refractivity (Wildman–Crippen MR) is 97.0 cm³/mol.